The number of rotatable bonds is 6. The third-order valence-corrected chi connectivity index (χ3v) is 4.07. The van der Waals surface area contributed by atoms with Gasteiger partial charge < -0.3 is 4.42 Å². The van der Waals surface area contributed by atoms with Gasteiger partial charge in [0.15, 0.2) is 10.9 Å². The highest BCUT2D eigenvalue weighted by Gasteiger charge is 2.17. The van der Waals surface area contributed by atoms with E-state index in [2.05, 4.69) is 16.3 Å². The van der Waals surface area contributed by atoms with E-state index < -0.39 is 0 Å². The van der Waals surface area contributed by atoms with Gasteiger partial charge in [-0.25, -0.2) is 0 Å². The Labute approximate surface area is 132 Å². The first kappa shape index (κ1) is 14.4. The van der Waals surface area contributed by atoms with Gasteiger partial charge in [0.25, 0.3) is 0 Å². The van der Waals surface area contributed by atoms with Crippen LogP contribution < -0.4 is 0 Å². The van der Waals surface area contributed by atoms with Crippen molar-refractivity contribution in [3.05, 3.63) is 48.7 Å². The Bertz CT molecular complexity index is 759. The number of hydrogen-bond acceptors (Lipinski definition) is 5. The van der Waals surface area contributed by atoms with Gasteiger partial charge in [-0.3, -0.25) is 4.57 Å². The number of para-hydroxylation sites is 1. The number of thioether (sulfide) groups is 1. The normalized spacial score (nSPS) is 10.5. The Hall–Kier alpha value is -2.52. The Balaban J connectivity index is 1.95. The monoisotopic (exact) mass is 310 g/mol. The summed E-state index contributed by atoms with van der Waals surface area (Å²) in [4.78, 5) is 0. The van der Waals surface area contributed by atoms with Crippen LogP contribution >= 0.6 is 11.8 Å². The molecule has 0 bridgehead atoms. The molecule has 0 saturated heterocycles. The smallest absolute Gasteiger partial charge is 0.205 e. The Morgan fingerprint density at radius 2 is 2.00 bits per heavy atom. The van der Waals surface area contributed by atoms with Gasteiger partial charge in [0, 0.05) is 17.9 Å². The summed E-state index contributed by atoms with van der Waals surface area (Å²) in [6.45, 7) is 0. The van der Waals surface area contributed by atoms with E-state index in [4.69, 9.17) is 9.68 Å². The van der Waals surface area contributed by atoms with Crippen LogP contribution in [-0.4, -0.2) is 20.5 Å². The minimum Gasteiger partial charge on any atom is -0.461 e. The SMILES string of the molecule is N#CCCCSc1nnc(-c2ccco2)n1-c1ccccc1. The first-order valence-corrected chi connectivity index (χ1v) is 7.93. The lowest BCUT2D eigenvalue weighted by molar-refractivity contribution is 0.575. The van der Waals surface area contributed by atoms with Crippen molar-refractivity contribution in [2.75, 3.05) is 5.75 Å². The summed E-state index contributed by atoms with van der Waals surface area (Å²) in [7, 11) is 0. The molecule has 0 amide bonds. The van der Waals surface area contributed by atoms with E-state index in [0.29, 0.717) is 18.0 Å². The molecule has 0 N–H and O–H groups in total. The van der Waals surface area contributed by atoms with Crippen molar-refractivity contribution in [3.63, 3.8) is 0 Å². The quantitative estimate of drug-likeness (QED) is 0.510. The Morgan fingerprint density at radius 1 is 1.14 bits per heavy atom. The van der Waals surface area contributed by atoms with Crippen molar-refractivity contribution >= 4 is 11.8 Å². The molecule has 0 atom stereocenters. The van der Waals surface area contributed by atoms with Crippen molar-refractivity contribution in [2.24, 2.45) is 0 Å². The Morgan fingerprint density at radius 3 is 2.73 bits per heavy atom. The van der Waals surface area contributed by atoms with Crippen LogP contribution in [0, 0.1) is 11.3 Å². The summed E-state index contributed by atoms with van der Waals surface area (Å²) >= 11 is 1.60. The molecule has 22 heavy (non-hydrogen) atoms. The highest BCUT2D eigenvalue weighted by atomic mass is 32.2. The lowest BCUT2D eigenvalue weighted by Crippen LogP contribution is -1.99. The molecule has 0 aliphatic rings. The number of nitrogens with zero attached hydrogens (tertiary/aromatic N) is 4. The topological polar surface area (TPSA) is 67.6 Å². The van der Waals surface area contributed by atoms with Gasteiger partial charge in [-0.1, -0.05) is 30.0 Å². The summed E-state index contributed by atoms with van der Waals surface area (Å²) < 4.78 is 7.44. The van der Waals surface area contributed by atoms with Gasteiger partial charge in [0.2, 0.25) is 5.82 Å². The van der Waals surface area contributed by atoms with Crippen molar-refractivity contribution in [2.45, 2.75) is 18.0 Å². The minimum absolute atomic E-state index is 0.553. The van der Waals surface area contributed by atoms with Crippen LogP contribution in [0.15, 0.2) is 58.3 Å². The minimum atomic E-state index is 0.553. The molecule has 0 spiro atoms. The van der Waals surface area contributed by atoms with Gasteiger partial charge in [-0.15, -0.1) is 10.2 Å². The van der Waals surface area contributed by atoms with Crippen LogP contribution in [0.4, 0.5) is 0 Å². The van der Waals surface area contributed by atoms with E-state index in [1.165, 1.54) is 0 Å². The molecule has 0 saturated carbocycles. The van der Waals surface area contributed by atoms with Crippen LogP contribution in [0.25, 0.3) is 17.3 Å². The molecular weight excluding hydrogens is 296 g/mol. The fourth-order valence-corrected chi connectivity index (χ4v) is 2.94. The highest BCUT2D eigenvalue weighted by molar-refractivity contribution is 7.99. The molecule has 3 rings (SSSR count). The molecule has 0 aliphatic carbocycles. The second-order valence-electron chi connectivity index (χ2n) is 4.56. The van der Waals surface area contributed by atoms with Crippen LogP contribution in [-0.2, 0) is 0 Å². The summed E-state index contributed by atoms with van der Waals surface area (Å²) in [5.74, 6) is 2.19. The maximum Gasteiger partial charge on any atom is 0.205 e. The zero-order chi connectivity index (χ0) is 15.2. The zero-order valence-corrected chi connectivity index (χ0v) is 12.7. The summed E-state index contributed by atoms with van der Waals surface area (Å²) in [6, 6.07) is 15.8. The van der Waals surface area contributed by atoms with Crippen molar-refractivity contribution in [3.8, 4) is 23.3 Å². The maximum absolute atomic E-state index is 8.62. The molecule has 3 aromatic rings. The molecule has 0 aliphatic heterocycles. The molecule has 0 radical (unpaired) electrons. The second-order valence-corrected chi connectivity index (χ2v) is 5.63. The maximum atomic E-state index is 8.62. The predicted molar refractivity (Wildman–Crippen MR) is 84.6 cm³/mol. The van der Waals surface area contributed by atoms with Gasteiger partial charge >= 0.3 is 0 Å². The van der Waals surface area contributed by atoms with Crippen LogP contribution in [0.1, 0.15) is 12.8 Å². The van der Waals surface area contributed by atoms with E-state index >= 15 is 0 Å². The van der Waals surface area contributed by atoms with E-state index in [9.17, 15) is 0 Å². The van der Waals surface area contributed by atoms with E-state index in [0.717, 1.165) is 23.0 Å². The lowest BCUT2D eigenvalue weighted by atomic mass is 10.3. The Kier molecular flexibility index (Phi) is 4.56. The third-order valence-electron chi connectivity index (χ3n) is 3.05. The van der Waals surface area contributed by atoms with E-state index in [1.54, 1.807) is 18.0 Å². The average Bonchev–Trinajstić information content (AvgIpc) is 3.21. The predicted octanol–water partition coefficient (Wildman–Crippen LogP) is 3.92. The molecule has 0 fully saturated rings. The van der Waals surface area contributed by atoms with E-state index in [1.807, 2.05) is 47.0 Å². The summed E-state index contributed by atoms with van der Waals surface area (Å²) in [5, 5.41) is 18.0. The van der Waals surface area contributed by atoms with Crippen molar-refractivity contribution in [1.29, 1.82) is 5.26 Å². The summed E-state index contributed by atoms with van der Waals surface area (Å²) in [5.41, 5.74) is 0.988. The number of unbranched alkanes of at least 4 members (excludes halogenated alkanes) is 1. The molecular formula is C16H14N4OS. The van der Waals surface area contributed by atoms with Crippen LogP contribution in [0.5, 0.6) is 0 Å². The lowest BCUT2D eigenvalue weighted by Gasteiger charge is -2.08. The first-order valence-electron chi connectivity index (χ1n) is 6.94. The number of aromatic nitrogens is 3. The molecule has 1 aromatic carbocycles. The molecule has 5 nitrogen and oxygen atoms in total. The molecule has 2 aromatic heterocycles. The molecule has 2 heterocycles. The van der Waals surface area contributed by atoms with Gasteiger partial charge in [0.05, 0.1) is 12.3 Å². The number of furan rings is 1. The fourth-order valence-electron chi connectivity index (χ4n) is 2.05. The van der Waals surface area contributed by atoms with Crippen molar-refractivity contribution in [1.82, 2.24) is 14.8 Å². The fraction of sp³-hybridized carbons (Fsp3) is 0.188. The zero-order valence-electron chi connectivity index (χ0n) is 11.8. The van der Waals surface area contributed by atoms with Crippen LogP contribution in [0.3, 0.4) is 0 Å². The number of hydrogen-bond donors (Lipinski definition) is 0. The number of benzene rings is 1. The first-order chi connectivity index (χ1) is 10.9. The van der Waals surface area contributed by atoms with Crippen molar-refractivity contribution < 1.29 is 4.42 Å². The average molecular weight is 310 g/mol. The molecule has 0 unspecified atom stereocenters. The highest BCUT2D eigenvalue weighted by Crippen LogP contribution is 2.28. The van der Waals surface area contributed by atoms with Gasteiger partial charge in [0.1, 0.15) is 0 Å². The number of nitriles is 1. The summed E-state index contributed by atoms with van der Waals surface area (Å²) in [6.07, 6.45) is 3.01. The van der Waals surface area contributed by atoms with Crippen LogP contribution in [0.2, 0.25) is 0 Å². The third kappa shape index (κ3) is 3.05. The molecule has 110 valence electrons. The standard InChI is InChI=1S/C16H14N4OS/c17-10-4-5-12-22-16-19-18-15(14-9-6-11-21-14)20(16)13-7-2-1-3-8-13/h1-3,6-9,11H,4-5,12H2. The largest absolute Gasteiger partial charge is 0.461 e. The van der Waals surface area contributed by atoms with Gasteiger partial charge in [-0.2, -0.15) is 5.26 Å². The van der Waals surface area contributed by atoms with Gasteiger partial charge in [-0.05, 0) is 30.7 Å². The molecule has 6 heteroatoms. The second kappa shape index (κ2) is 6.96. The van der Waals surface area contributed by atoms with E-state index in [-0.39, 0.29) is 0 Å².